The van der Waals surface area contributed by atoms with Crippen LogP contribution in [0, 0.1) is 0 Å². The number of carbonyl (C=O) groups excluding carboxylic acids is 2. The topological polar surface area (TPSA) is 75.4 Å². The molecule has 1 saturated heterocycles. The predicted molar refractivity (Wildman–Crippen MR) is 75.1 cm³/mol. The lowest BCUT2D eigenvalue weighted by Crippen LogP contribution is -2.55. The Morgan fingerprint density at radius 3 is 2.53 bits per heavy atom. The van der Waals surface area contributed by atoms with E-state index >= 15 is 0 Å². The number of carbonyl (C=O) groups is 2. The van der Waals surface area contributed by atoms with Crippen LogP contribution in [0.1, 0.15) is 24.3 Å². The van der Waals surface area contributed by atoms with Crippen LogP contribution in [0.25, 0.3) is 0 Å². The number of piperazine rings is 1. The second-order valence-electron chi connectivity index (χ2n) is 4.54. The Bertz CT molecular complexity index is 475. The number of rotatable bonds is 4. The number of imide groups is 1. The fourth-order valence-corrected chi connectivity index (χ4v) is 3.50. The highest BCUT2D eigenvalue weighted by Gasteiger charge is 2.33. The summed E-state index contributed by atoms with van der Waals surface area (Å²) in [6.45, 7) is 2.35. The van der Waals surface area contributed by atoms with Gasteiger partial charge >= 0.3 is 0 Å². The molecule has 3 N–H and O–H groups in total. The van der Waals surface area contributed by atoms with Crippen LogP contribution in [0.4, 0.5) is 0 Å². The molecule has 104 valence electrons. The number of halogens is 1. The van der Waals surface area contributed by atoms with E-state index in [0.29, 0.717) is 4.34 Å². The van der Waals surface area contributed by atoms with Crippen molar-refractivity contribution in [2.45, 2.75) is 25.4 Å². The summed E-state index contributed by atoms with van der Waals surface area (Å²) < 4.78 is 0.677. The minimum Gasteiger partial charge on any atom is -0.326 e. The molecule has 0 aromatic carbocycles. The van der Waals surface area contributed by atoms with Crippen LogP contribution in [-0.2, 0) is 9.59 Å². The van der Waals surface area contributed by atoms with Crippen molar-refractivity contribution in [2.75, 3.05) is 13.1 Å². The highest BCUT2D eigenvalue weighted by atomic mass is 35.5. The van der Waals surface area contributed by atoms with Gasteiger partial charge in [0, 0.05) is 10.9 Å². The Labute approximate surface area is 120 Å². The number of hydrogen-bond donors (Lipinski definition) is 2. The van der Waals surface area contributed by atoms with Crippen LogP contribution in [0.15, 0.2) is 12.1 Å². The summed E-state index contributed by atoms with van der Waals surface area (Å²) in [6.07, 6.45) is 0.756. The number of nitrogens with one attached hydrogen (secondary N) is 1. The molecule has 2 rings (SSSR count). The molecule has 0 saturated carbocycles. The first-order valence-corrected chi connectivity index (χ1v) is 7.28. The average molecular weight is 302 g/mol. The van der Waals surface area contributed by atoms with Crippen molar-refractivity contribution in [3.63, 3.8) is 0 Å². The summed E-state index contributed by atoms with van der Waals surface area (Å²) in [5, 5.41) is 2.29. The zero-order chi connectivity index (χ0) is 14.0. The van der Waals surface area contributed by atoms with E-state index in [-0.39, 0.29) is 37.0 Å². The largest absolute Gasteiger partial charge is 0.326 e. The molecular weight excluding hydrogens is 286 g/mol. The predicted octanol–water partition coefficient (Wildman–Crippen LogP) is 1.14. The summed E-state index contributed by atoms with van der Waals surface area (Å²) in [7, 11) is 0. The van der Waals surface area contributed by atoms with Gasteiger partial charge in [-0.3, -0.25) is 19.8 Å². The van der Waals surface area contributed by atoms with Gasteiger partial charge in [0.2, 0.25) is 11.8 Å². The Kier molecular flexibility index (Phi) is 4.57. The van der Waals surface area contributed by atoms with E-state index in [1.165, 1.54) is 11.3 Å². The Balaban J connectivity index is 2.27. The SMILES string of the molecule is CCC(N)C(c1ccc(Cl)s1)N1CC(=O)NC(=O)C1. The fraction of sp³-hybridized carbons (Fsp3) is 0.500. The van der Waals surface area contributed by atoms with Crippen molar-refractivity contribution in [1.29, 1.82) is 0 Å². The summed E-state index contributed by atoms with van der Waals surface area (Å²) in [5.41, 5.74) is 6.16. The summed E-state index contributed by atoms with van der Waals surface area (Å²) in [5.74, 6) is -0.570. The van der Waals surface area contributed by atoms with E-state index in [1.807, 2.05) is 24.0 Å². The van der Waals surface area contributed by atoms with E-state index < -0.39 is 0 Å². The lowest BCUT2D eigenvalue weighted by molar-refractivity contribution is -0.137. The quantitative estimate of drug-likeness (QED) is 0.818. The molecule has 2 heterocycles. The van der Waals surface area contributed by atoms with E-state index in [9.17, 15) is 9.59 Å². The van der Waals surface area contributed by atoms with Gasteiger partial charge < -0.3 is 5.73 Å². The standard InChI is InChI=1S/C12H16ClN3O2S/c1-2-7(14)12(8-3-4-9(13)19-8)16-5-10(17)15-11(18)6-16/h3-4,7,12H,2,5-6,14H2,1H3,(H,15,17,18). The van der Waals surface area contributed by atoms with Gasteiger partial charge in [-0.15, -0.1) is 11.3 Å². The molecule has 2 unspecified atom stereocenters. The van der Waals surface area contributed by atoms with Crippen LogP contribution in [0.3, 0.4) is 0 Å². The normalized spacial score (nSPS) is 20.2. The monoisotopic (exact) mass is 301 g/mol. The van der Waals surface area contributed by atoms with Crippen LogP contribution in [0.5, 0.6) is 0 Å². The molecule has 1 aromatic rings. The van der Waals surface area contributed by atoms with Gasteiger partial charge in [-0.25, -0.2) is 0 Å². The van der Waals surface area contributed by atoms with Crippen LogP contribution >= 0.6 is 22.9 Å². The van der Waals surface area contributed by atoms with Crippen molar-refractivity contribution in [3.8, 4) is 0 Å². The minimum atomic E-state index is -0.285. The molecule has 1 aromatic heterocycles. The first-order valence-electron chi connectivity index (χ1n) is 6.08. The maximum Gasteiger partial charge on any atom is 0.240 e. The summed E-state index contributed by atoms with van der Waals surface area (Å²) in [4.78, 5) is 25.8. The number of thiophene rings is 1. The molecular formula is C12H16ClN3O2S. The van der Waals surface area contributed by atoms with Gasteiger partial charge in [0.05, 0.1) is 23.5 Å². The molecule has 7 heteroatoms. The maximum atomic E-state index is 11.5. The van der Waals surface area contributed by atoms with E-state index in [4.69, 9.17) is 17.3 Å². The highest BCUT2D eigenvalue weighted by Crippen LogP contribution is 2.33. The maximum absolute atomic E-state index is 11.5. The van der Waals surface area contributed by atoms with Gasteiger partial charge in [-0.2, -0.15) is 0 Å². The Hall–Kier alpha value is -0.950. The molecule has 0 aliphatic carbocycles. The molecule has 2 amide bonds. The highest BCUT2D eigenvalue weighted by molar-refractivity contribution is 7.16. The van der Waals surface area contributed by atoms with Crippen LogP contribution in [0.2, 0.25) is 4.34 Å². The minimum absolute atomic E-state index is 0.145. The average Bonchev–Trinajstić information content (AvgIpc) is 2.74. The molecule has 0 bridgehead atoms. The van der Waals surface area contributed by atoms with Crippen molar-refractivity contribution in [2.24, 2.45) is 5.73 Å². The van der Waals surface area contributed by atoms with E-state index in [1.54, 1.807) is 0 Å². The Morgan fingerprint density at radius 1 is 1.42 bits per heavy atom. The lowest BCUT2D eigenvalue weighted by Gasteiger charge is -2.35. The molecule has 1 fully saturated rings. The second kappa shape index (κ2) is 6.00. The van der Waals surface area contributed by atoms with Crippen molar-refractivity contribution >= 4 is 34.8 Å². The van der Waals surface area contributed by atoms with Crippen molar-refractivity contribution < 1.29 is 9.59 Å². The third-order valence-electron chi connectivity index (χ3n) is 3.13. The van der Waals surface area contributed by atoms with Crippen LogP contribution in [-0.4, -0.2) is 35.8 Å². The van der Waals surface area contributed by atoms with E-state index in [0.717, 1.165) is 11.3 Å². The summed E-state index contributed by atoms with van der Waals surface area (Å²) >= 11 is 7.40. The van der Waals surface area contributed by atoms with Crippen molar-refractivity contribution in [1.82, 2.24) is 10.2 Å². The fourth-order valence-electron chi connectivity index (χ4n) is 2.23. The first kappa shape index (κ1) is 14.5. The van der Waals surface area contributed by atoms with Gasteiger partial charge in [-0.1, -0.05) is 18.5 Å². The Morgan fingerprint density at radius 2 is 2.05 bits per heavy atom. The third-order valence-corrected chi connectivity index (χ3v) is 4.43. The smallest absolute Gasteiger partial charge is 0.240 e. The number of hydrogen-bond acceptors (Lipinski definition) is 5. The molecule has 0 spiro atoms. The molecule has 19 heavy (non-hydrogen) atoms. The number of nitrogens with zero attached hydrogens (tertiary/aromatic N) is 1. The zero-order valence-corrected chi connectivity index (χ0v) is 12.1. The second-order valence-corrected chi connectivity index (χ2v) is 6.28. The van der Waals surface area contributed by atoms with E-state index in [2.05, 4.69) is 5.32 Å². The van der Waals surface area contributed by atoms with Gasteiger partial charge in [0.25, 0.3) is 0 Å². The molecule has 0 radical (unpaired) electrons. The zero-order valence-electron chi connectivity index (χ0n) is 10.6. The van der Waals surface area contributed by atoms with Crippen LogP contribution < -0.4 is 11.1 Å². The van der Waals surface area contributed by atoms with Gasteiger partial charge in [-0.05, 0) is 18.6 Å². The molecule has 2 atom stereocenters. The van der Waals surface area contributed by atoms with Gasteiger partial charge in [0.1, 0.15) is 0 Å². The lowest BCUT2D eigenvalue weighted by atomic mass is 10.0. The number of nitrogens with two attached hydrogens (primary N) is 1. The van der Waals surface area contributed by atoms with Crippen molar-refractivity contribution in [3.05, 3.63) is 21.3 Å². The van der Waals surface area contributed by atoms with Gasteiger partial charge in [0.15, 0.2) is 0 Å². The first-order chi connectivity index (χ1) is 9.01. The molecule has 1 aliphatic heterocycles. The third kappa shape index (κ3) is 3.33. The molecule has 1 aliphatic rings. The molecule has 5 nitrogen and oxygen atoms in total. The number of amides is 2. The summed E-state index contributed by atoms with van der Waals surface area (Å²) in [6, 6.07) is 3.42.